The lowest BCUT2D eigenvalue weighted by Crippen LogP contribution is -2.19. The number of nitrogens with one attached hydrogen (secondary N) is 1. The predicted molar refractivity (Wildman–Crippen MR) is 87.5 cm³/mol. The molecule has 1 unspecified atom stereocenters. The second kappa shape index (κ2) is 7.26. The summed E-state index contributed by atoms with van der Waals surface area (Å²) >= 11 is 12.1. The highest BCUT2D eigenvalue weighted by Gasteiger charge is 2.16. The van der Waals surface area contributed by atoms with Crippen LogP contribution in [0.1, 0.15) is 36.6 Å². The summed E-state index contributed by atoms with van der Waals surface area (Å²) in [5, 5.41) is 3.89. The maximum absolute atomic E-state index is 13.5. The Hall–Kier alpha value is -1.09. The molecule has 0 radical (unpaired) electrons. The van der Waals surface area contributed by atoms with Crippen molar-refractivity contribution in [1.82, 2.24) is 5.32 Å². The molecule has 2 aromatic rings. The summed E-state index contributed by atoms with van der Waals surface area (Å²) < 4.78 is 13.5. The zero-order valence-corrected chi connectivity index (χ0v) is 13.6. The molecule has 0 aliphatic carbocycles. The second-order valence-electron chi connectivity index (χ2n) is 5.03. The lowest BCUT2D eigenvalue weighted by atomic mass is 10.1. The standard InChI is InChI=1S/C17H18Cl2FN/c1-3-12-4-6-13(7-5-12)10-21-11(2)16-14(18)8-9-15(20)17(16)19/h4-9,11,21H,3,10H2,1-2H3. The van der Waals surface area contributed by atoms with Gasteiger partial charge in [-0.1, -0.05) is 54.4 Å². The van der Waals surface area contributed by atoms with Crippen LogP contribution < -0.4 is 5.32 Å². The number of benzene rings is 2. The van der Waals surface area contributed by atoms with Crippen molar-refractivity contribution in [3.8, 4) is 0 Å². The monoisotopic (exact) mass is 325 g/mol. The van der Waals surface area contributed by atoms with Gasteiger partial charge in [-0.3, -0.25) is 0 Å². The molecule has 0 aliphatic heterocycles. The van der Waals surface area contributed by atoms with Gasteiger partial charge in [0.05, 0.1) is 5.02 Å². The SMILES string of the molecule is CCc1ccc(CNC(C)c2c(Cl)ccc(F)c2Cl)cc1. The van der Waals surface area contributed by atoms with Crippen molar-refractivity contribution in [3.63, 3.8) is 0 Å². The van der Waals surface area contributed by atoms with Gasteiger partial charge in [-0.15, -0.1) is 0 Å². The molecule has 0 saturated heterocycles. The van der Waals surface area contributed by atoms with Crippen molar-refractivity contribution in [3.05, 3.63) is 69.0 Å². The van der Waals surface area contributed by atoms with Gasteiger partial charge in [0.25, 0.3) is 0 Å². The van der Waals surface area contributed by atoms with Crippen LogP contribution in [0.5, 0.6) is 0 Å². The van der Waals surface area contributed by atoms with Crippen molar-refractivity contribution in [2.24, 2.45) is 0 Å². The average Bonchev–Trinajstić information content (AvgIpc) is 2.50. The molecule has 0 aliphatic rings. The van der Waals surface area contributed by atoms with Crippen LogP contribution in [-0.4, -0.2) is 0 Å². The van der Waals surface area contributed by atoms with Gasteiger partial charge in [0.1, 0.15) is 5.82 Å². The highest BCUT2D eigenvalue weighted by molar-refractivity contribution is 6.36. The van der Waals surface area contributed by atoms with E-state index in [0.717, 1.165) is 6.42 Å². The molecule has 2 aromatic carbocycles. The van der Waals surface area contributed by atoms with E-state index < -0.39 is 5.82 Å². The third kappa shape index (κ3) is 3.97. The van der Waals surface area contributed by atoms with Crippen LogP contribution in [0.3, 0.4) is 0 Å². The van der Waals surface area contributed by atoms with E-state index in [1.165, 1.54) is 23.3 Å². The fraction of sp³-hybridized carbons (Fsp3) is 0.294. The minimum Gasteiger partial charge on any atom is -0.306 e. The third-order valence-electron chi connectivity index (χ3n) is 3.56. The zero-order chi connectivity index (χ0) is 15.4. The van der Waals surface area contributed by atoms with Crippen LogP contribution in [0.25, 0.3) is 0 Å². The molecule has 112 valence electrons. The molecule has 21 heavy (non-hydrogen) atoms. The van der Waals surface area contributed by atoms with Gasteiger partial charge in [-0.05, 0) is 36.6 Å². The van der Waals surface area contributed by atoms with Crippen LogP contribution in [0.4, 0.5) is 4.39 Å². The van der Waals surface area contributed by atoms with E-state index in [9.17, 15) is 4.39 Å². The molecule has 0 fully saturated rings. The molecule has 0 bridgehead atoms. The molecule has 0 spiro atoms. The Kier molecular flexibility index (Phi) is 5.63. The van der Waals surface area contributed by atoms with Gasteiger partial charge in [-0.25, -0.2) is 4.39 Å². The van der Waals surface area contributed by atoms with Crippen LogP contribution in [-0.2, 0) is 13.0 Å². The molecular weight excluding hydrogens is 308 g/mol. The average molecular weight is 326 g/mol. The Morgan fingerprint density at radius 2 is 1.67 bits per heavy atom. The molecule has 0 saturated carbocycles. The van der Waals surface area contributed by atoms with E-state index >= 15 is 0 Å². The van der Waals surface area contributed by atoms with Crippen LogP contribution in [0.15, 0.2) is 36.4 Å². The van der Waals surface area contributed by atoms with Crippen molar-refractivity contribution < 1.29 is 4.39 Å². The van der Waals surface area contributed by atoms with Crippen molar-refractivity contribution in [2.75, 3.05) is 0 Å². The van der Waals surface area contributed by atoms with Gasteiger partial charge in [-0.2, -0.15) is 0 Å². The van der Waals surface area contributed by atoms with Crippen LogP contribution in [0.2, 0.25) is 10.0 Å². The van der Waals surface area contributed by atoms with Gasteiger partial charge < -0.3 is 5.32 Å². The Morgan fingerprint density at radius 1 is 1.05 bits per heavy atom. The van der Waals surface area contributed by atoms with Crippen molar-refractivity contribution >= 4 is 23.2 Å². The Bertz CT molecular complexity index is 611. The topological polar surface area (TPSA) is 12.0 Å². The molecule has 1 atom stereocenters. The molecule has 1 nitrogen and oxygen atoms in total. The normalized spacial score (nSPS) is 12.4. The summed E-state index contributed by atoms with van der Waals surface area (Å²) in [5.74, 6) is -0.447. The Balaban J connectivity index is 2.08. The molecule has 4 heteroatoms. The maximum atomic E-state index is 13.5. The first-order valence-electron chi connectivity index (χ1n) is 6.97. The number of hydrogen-bond donors (Lipinski definition) is 1. The van der Waals surface area contributed by atoms with Crippen LogP contribution in [0, 0.1) is 5.82 Å². The predicted octanol–water partition coefficient (Wildman–Crippen LogP) is 5.55. The van der Waals surface area contributed by atoms with Crippen molar-refractivity contribution in [1.29, 1.82) is 0 Å². The van der Waals surface area contributed by atoms with Gasteiger partial charge in [0, 0.05) is 23.2 Å². The smallest absolute Gasteiger partial charge is 0.142 e. The fourth-order valence-electron chi connectivity index (χ4n) is 2.21. The lowest BCUT2D eigenvalue weighted by molar-refractivity contribution is 0.565. The van der Waals surface area contributed by atoms with Crippen molar-refractivity contribution in [2.45, 2.75) is 32.9 Å². The first-order valence-corrected chi connectivity index (χ1v) is 7.73. The molecule has 0 heterocycles. The van der Waals surface area contributed by atoms with E-state index in [-0.39, 0.29) is 11.1 Å². The van der Waals surface area contributed by atoms with Gasteiger partial charge in [0.15, 0.2) is 0 Å². The molecule has 1 N–H and O–H groups in total. The van der Waals surface area contributed by atoms with E-state index in [4.69, 9.17) is 23.2 Å². The summed E-state index contributed by atoms with van der Waals surface area (Å²) in [6, 6.07) is 11.1. The van der Waals surface area contributed by atoms with E-state index in [2.05, 4.69) is 36.5 Å². The largest absolute Gasteiger partial charge is 0.306 e. The van der Waals surface area contributed by atoms with E-state index in [0.29, 0.717) is 17.1 Å². The first-order chi connectivity index (χ1) is 10.0. The third-order valence-corrected chi connectivity index (χ3v) is 4.27. The first kappa shape index (κ1) is 16.3. The highest BCUT2D eigenvalue weighted by atomic mass is 35.5. The minimum absolute atomic E-state index is 0.0869. The number of aryl methyl sites for hydroxylation is 1. The summed E-state index contributed by atoms with van der Waals surface area (Å²) in [5.41, 5.74) is 3.08. The second-order valence-corrected chi connectivity index (χ2v) is 5.81. The molecule has 0 amide bonds. The zero-order valence-electron chi connectivity index (χ0n) is 12.1. The summed E-state index contributed by atoms with van der Waals surface area (Å²) in [6.45, 7) is 4.73. The van der Waals surface area contributed by atoms with Crippen LogP contribution >= 0.6 is 23.2 Å². The summed E-state index contributed by atoms with van der Waals surface area (Å²) in [6.07, 6.45) is 1.03. The summed E-state index contributed by atoms with van der Waals surface area (Å²) in [4.78, 5) is 0. The number of rotatable bonds is 5. The Labute approximate surface area is 135 Å². The quantitative estimate of drug-likeness (QED) is 0.711. The lowest BCUT2D eigenvalue weighted by Gasteiger charge is -2.17. The molecule has 0 aromatic heterocycles. The molecule has 2 rings (SSSR count). The van der Waals surface area contributed by atoms with Gasteiger partial charge >= 0.3 is 0 Å². The van der Waals surface area contributed by atoms with E-state index in [1.807, 2.05) is 6.92 Å². The Morgan fingerprint density at radius 3 is 2.29 bits per heavy atom. The van der Waals surface area contributed by atoms with Gasteiger partial charge in [0.2, 0.25) is 0 Å². The summed E-state index contributed by atoms with van der Waals surface area (Å²) in [7, 11) is 0. The molecular formula is C17H18Cl2FN. The number of halogens is 3. The highest BCUT2D eigenvalue weighted by Crippen LogP contribution is 2.32. The maximum Gasteiger partial charge on any atom is 0.142 e. The fourth-order valence-corrected chi connectivity index (χ4v) is 2.90. The number of hydrogen-bond acceptors (Lipinski definition) is 1. The van der Waals surface area contributed by atoms with E-state index in [1.54, 1.807) is 0 Å². The minimum atomic E-state index is -0.447.